The van der Waals surface area contributed by atoms with Crippen molar-refractivity contribution in [2.24, 2.45) is 0 Å². The topological polar surface area (TPSA) is 180 Å². The number of nitrogens with one attached hydrogen (secondary N) is 3. The van der Waals surface area contributed by atoms with E-state index in [0.29, 0.717) is 18.5 Å². The molecule has 14 heteroatoms. The molecule has 0 unspecified atom stereocenters. The quantitative estimate of drug-likeness (QED) is 0.245. The van der Waals surface area contributed by atoms with Gasteiger partial charge in [-0.05, 0) is 91.3 Å². The Balaban J connectivity index is 1.38. The number of fused-ring (bicyclic) bond motifs is 1. The molecule has 5 atom stereocenters. The molecule has 2 aromatic carbocycles. The Morgan fingerprint density at radius 2 is 1.52 bits per heavy atom. The molecular formula is C40H52N6O8. The first-order valence-electron chi connectivity index (χ1n) is 18.4. The molecule has 5 rings (SSSR count). The van der Waals surface area contributed by atoms with Gasteiger partial charge in [0.1, 0.15) is 29.4 Å². The molecule has 0 radical (unpaired) electrons. The van der Waals surface area contributed by atoms with Gasteiger partial charge in [-0.25, -0.2) is 9.59 Å². The number of benzene rings is 2. The van der Waals surface area contributed by atoms with E-state index in [1.54, 1.807) is 47.6 Å². The maximum absolute atomic E-state index is 14.7. The molecule has 0 spiro atoms. The van der Waals surface area contributed by atoms with Gasteiger partial charge in [0.05, 0.1) is 17.4 Å². The van der Waals surface area contributed by atoms with Crippen LogP contribution < -0.4 is 16.0 Å². The highest BCUT2D eigenvalue weighted by Crippen LogP contribution is 2.28. The molecule has 1 aromatic heterocycles. The van der Waals surface area contributed by atoms with Crippen molar-refractivity contribution in [3.8, 4) is 0 Å². The summed E-state index contributed by atoms with van der Waals surface area (Å²) in [5.74, 6) is -1.67. The fourth-order valence-electron chi connectivity index (χ4n) is 6.71. The first-order chi connectivity index (χ1) is 25.5. The molecule has 4 N–H and O–H groups in total. The van der Waals surface area contributed by atoms with Crippen LogP contribution in [-0.4, -0.2) is 104 Å². The second-order valence-corrected chi connectivity index (χ2v) is 16.0. The molecule has 14 nitrogen and oxygen atoms in total. The Kier molecular flexibility index (Phi) is 12.5. The Morgan fingerprint density at radius 1 is 0.852 bits per heavy atom. The van der Waals surface area contributed by atoms with Crippen LogP contribution >= 0.6 is 0 Å². The summed E-state index contributed by atoms with van der Waals surface area (Å²) >= 11 is 0. The highest BCUT2D eigenvalue weighted by Gasteiger charge is 2.47. The number of aromatic nitrogens is 1. The molecule has 290 valence electrons. The Hall–Kier alpha value is -5.24. The van der Waals surface area contributed by atoms with E-state index in [0.717, 1.165) is 16.5 Å². The highest BCUT2D eigenvalue weighted by atomic mass is 16.6. The predicted octanol–water partition coefficient (Wildman–Crippen LogP) is 4.55. The van der Waals surface area contributed by atoms with Crippen molar-refractivity contribution in [2.75, 3.05) is 18.4 Å². The molecule has 2 fully saturated rings. The van der Waals surface area contributed by atoms with Crippen LogP contribution in [-0.2, 0) is 30.3 Å². The van der Waals surface area contributed by atoms with Crippen molar-refractivity contribution < 1.29 is 38.6 Å². The second kappa shape index (κ2) is 16.8. The minimum atomic E-state index is -1.31. The number of aryl methyl sites for hydroxylation is 1. The van der Waals surface area contributed by atoms with Crippen LogP contribution in [0.5, 0.6) is 0 Å². The van der Waals surface area contributed by atoms with E-state index in [9.17, 15) is 29.1 Å². The third kappa shape index (κ3) is 10.9. The summed E-state index contributed by atoms with van der Waals surface area (Å²) in [5, 5.41) is 20.1. The van der Waals surface area contributed by atoms with Crippen molar-refractivity contribution in [3.05, 3.63) is 72.4 Å². The van der Waals surface area contributed by atoms with Gasteiger partial charge in [-0.1, -0.05) is 48.5 Å². The second-order valence-electron chi connectivity index (χ2n) is 16.0. The number of nitrogens with zero attached hydrogens (tertiary/aromatic N) is 3. The summed E-state index contributed by atoms with van der Waals surface area (Å²) in [7, 11) is 0. The van der Waals surface area contributed by atoms with E-state index in [1.165, 1.54) is 16.0 Å². The van der Waals surface area contributed by atoms with Gasteiger partial charge >= 0.3 is 12.2 Å². The van der Waals surface area contributed by atoms with Crippen LogP contribution in [0, 0.1) is 0 Å². The van der Waals surface area contributed by atoms with E-state index in [-0.39, 0.29) is 32.4 Å². The number of carbonyl (C=O) groups excluding carboxylic acids is 5. The third-order valence-electron chi connectivity index (χ3n) is 9.18. The molecular weight excluding hydrogens is 692 g/mol. The van der Waals surface area contributed by atoms with Crippen LogP contribution in [0.1, 0.15) is 72.8 Å². The van der Waals surface area contributed by atoms with E-state index in [2.05, 4.69) is 20.9 Å². The van der Waals surface area contributed by atoms with E-state index < -0.39 is 71.4 Å². The lowest BCUT2D eigenvalue weighted by Gasteiger charge is -2.41. The standard InChI is InChI=1S/C40H52N6O8/c1-39(2,3)53-37(51)44-27-18-19-45(38(52)54-40(4,5)6)32(21-27)36(50)46-24-29(43-35(49)33(47)17-16-25-12-8-7-9-13-25)22-31(46)34(48)42-28-20-26-14-10-11-15-30(26)41-23-28/h7-15,20,23,27,29,31-33,47H,16-19,21-22,24H2,1-6H3,(H,42,48)(H,43,49)(H,44,51)/t27-,29+,31-,32-,33+/m0/s1. The first kappa shape index (κ1) is 40.0. The molecule has 3 aromatic rings. The van der Waals surface area contributed by atoms with Crippen molar-refractivity contribution >= 4 is 46.5 Å². The smallest absolute Gasteiger partial charge is 0.410 e. The van der Waals surface area contributed by atoms with Gasteiger partial charge in [0.15, 0.2) is 0 Å². The summed E-state index contributed by atoms with van der Waals surface area (Å²) in [4.78, 5) is 75.3. The summed E-state index contributed by atoms with van der Waals surface area (Å²) in [6, 6.07) is 15.3. The van der Waals surface area contributed by atoms with E-state index in [1.807, 2.05) is 54.6 Å². The van der Waals surface area contributed by atoms with Crippen LogP contribution in [0.3, 0.4) is 0 Å². The molecule has 0 bridgehead atoms. The van der Waals surface area contributed by atoms with Crippen molar-refractivity contribution in [1.29, 1.82) is 0 Å². The normalized spacial score (nSPS) is 20.9. The van der Waals surface area contributed by atoms with Gasteiger partial charge in [0, 0.05) is 30.6 Å². The van der Waals surface area contributed by atoms with Crippen molar-refractivity contribution in [2.45, 2.75) is 115 Å². The molecule has 54 heavy (non-hydrogen) atoms. The molecule has 3 heterocycles. The summed E-state index contributed by atoms with van der Waals surface area (Å²) in [6.07, 6.45) is -0.0555. The fourth-order valence-corrected chi connectivity index (χ4v) is 6.71. The minimum Gasteiger partial charge on any atom is -0.444 e. The molecule has 5 amide bonds. The lowest BCUT2D eigenvalue weighted by atomic mass is 9.96. The number of pyridine rings is 1. The van der Waals surface area contributed by atoms with Crippen molar-refractivity contribution in [3.63, 3.8) is 0 Å². The maximum atomic E-state index is 14.7. The minimum absolute atomic E-state index is 0.0337. The number of rotatable bonds is 9. The first-order valence-corrected chi connectivity index (χ1v) is 18.4. The zero-order valence-corrected chi connectivity index (χ0v) is 31.8. The number of ether oxygens (including phenoxy) is 2. The zero-order valence-electron chi connectivity index (χ0n) is 31.8. The predicted molar refractivity (Wildman–Crippen MR) is 202 cm³/mol. The van der Waals surface area contributed by atoms with Crippen LogP contribution in [0.15, 0.2) is 66.9 Å². The van der Waals surface area contributed by atoms with Gasteiger partial charge < -0.3 is 35.4 Å². The van der Waals surface area contributed by atoms with Crippen LogP contribution in [0.2, 0.25) is 0 Å². The highest BCUT2D eigenvalue weighted by molar-refractivity contribution is 6.00. The summed E-state index contributed by atoms with van der Waals surface area (Å²) in [5.41, 5.74) is 0.544. The average molecular weight is 745 g/mol. The number of alkyl carbamates (subject to hydrolysis) is 1. The molecule has 0 saturated carbocycles. The number of anilines is 1. The Labute approximate surface area is 315 Å². The summed E-state index contributed by atoms with van der Waals surface area (Å²) in [6.45, 7) is 10.4. The van der Waals surface area contributed by atoms with Gasteiger partial charge in [-0.15, -0.1) is 0 Å². The Morgan fingerprint density at radius 3 is 2.22 bits per heavy atom. The fraction of sp³-hybridized carbons (Fsp3) is 0.500. The average Bonchev–Trinajstić information content (AvgIpc) is 3.53. The van der Waals surface area contributed by atoms with Crippen molar-refractivity contribution in [1.82, 2.24) is 25.4 Å². The number of carbonyl (C=O) groups is 5. The molecule has 2 aliphatic rings. The Bertz CT molecular complexity index is 1820. The van der Waals surface area contributed by atoms with Gasteiger partial charge in [0.25, 0.3) is 0 Å². The van der Waals surface area contributed by atoms with Gasteiger partial charge in [-0.2, -0.15) is 0 Å². The van der Waals surface area contributed by atoms with Gasteiger partial charge in [0.2, 0.25) is 17.7 Å². The third-order valence-corrected chi connectivity index (χ3v) is 9.18. The van der Waals surface area contributed by atoms with Crippen LogP contribution in [0.4, 0.5) is 15.3 Å². The lowest BCUT2D eigenvalue weighted by Crippen LogP contribution is -2.60. The van der Waals surface area contributed by atoms with Crippen LogP contribution in [0.25, 0.3) is 10.9 Å². The molecule has 2 saturated heterocycles. The summed E-state index contributed by atoms with van der Waals surface area (Å²) < 4.78 is 11.1. The number of aliphatic hydroxyl groups is 1. The van der Waals surface area contributed by atoms with Gasteiger partial charge in [-0.3, -0.25) is 24.3 Å². The lowest BCUT2D eigenvalue weighted by molar-refractivity contribution is -0.142. The monoisotopic (exact) mass is 744 g/mol. The zero-order chi connectivity index (χ0) is 39.2. The maximum Gasteiger partial charge on any atom is 0.410 e. The number of hydrogen-bond donors (Lipinski definition) is 4. The number of aliphatic hydroxyl groups excluding tert-OH is 1. The number of likely N-dealkylation sites (tertiary alicyclic amines) is 2. The number of amides is 5. The number of piperidine rings is 1. The number of hydrogen-bond acceptors (Lipinski definition) is 9. The SMILES string of the molecule is CC(C)(C)OC(=O)N[C@H]1CCN(C(=O)OC(C)(C)C)[C@H](C(=O)N2C[C@H](NC(=O)[C@H](O)CCc3ccccc3)C[C@H]2C(=O)Nc2cnc3ccccc3c2)C1. The largest absolute Gasteiger partial charge is 0.444 e. The van der Waals surface area contributed by atoms with E-state index >= 15 is 0 Å². The van der Waals surface area contributed by atoms with E-state index in [4.69, 9.17) is 9.47 Å². The molecule has 2 aliphatic heterocycles. The number of para-hydroxylation sites is 1. The molecule has 0 aliphatic carbocycles.